The molecule has 4 rings (SSSR count). The van der Waals surface area contributed by atoms with Gasteiger partial charge in [-0.05, 0) is 13.0 Å². The zero-order valence-electron chi connectivity index (χ0n) is 18.8. The minimum absolute atomic E-state index is 0.00907. The molecule has 0 aliphatic carbocycles. The number of hydrogen-bond donors (Lipinski definition) is 1. The number of halogens is 3. The topological polar surface area (TPSA) is 114 Å². The SMILES string of the molecule is C[C@@H](Nc1ncnc2c1cc(C(=O)N1CCS(=O)(=O)CC1)c(=O)n2C)c1cccc(C(F)F)c1F. The molecule has 1 aliphatic heterocycles. The van der Waals surface area contributed by atoms with Crippen LogP contribution in [-0.2, 0) is 16.9 Å². The number of hydrogen-bond acceptors (Lipinski definition) is 7. The largest absolute Gasteiger partial charge is 0.363 e. The van der Waals surface area contributed by atoms with Crippen LogP contribution in [0.15, 0.2) is 35.4 Å². The van der Waals surface area contributed by atoms with E-state index in [0.717, 1.165) is 6.07 Å². The zero-order chi connectivity index (χ0) is 25.5. The Morgan fingerprint density at radius 3 is 2.46 bits per heavy atom. The third kappa shape index (κ3) is 4.72. The van der Waals surface area contributed by atoms with Gasteiger partial charge in [0.25, 0.3) is 17.9 Å². The number of anilines is 1. The average Bonchev–Trinajstić information content (AvgIpc) is 2.81. The number of nitrogens with one attached hydrogen (secondary N) is 1. The van der Waals surface area contributed by atoms with Crippen molar-refractivity contribution in [3.63, 3.8) is 0 Å². The number of alkyl halides is 2. The maximum atomic E-state index is 14.6. The van der Waals surface area contributed by atoms with Crippen molar-refractivity contribution >= 4 is 32.6 Å². The molecule has 186 valence electrons. The first kappa shape index (κ1) is 24.6. The van der Waals surface area contributed by atoms with Crippen LogP contribution < -0.4 is 10.9 Å². The van der Waals surface area contributed by atoms with E-state index in [1.807, 2.05) is 0 Å². The lowest BCUT2D eigenvalue weighted by molar-refractivity contribution is 0.0768. The molecule has 0 unspecified atom stereocenters. The van der Waals surface area contributed by atoms with Gasteiger partial charge in [-0.2, -0.15) is 0 Å². The van der Waals surface area contributed by atoms with Crippen molar-refractivity contribution in [3.8, 4) is 0 Å². The van der Waals surface area contributed by atoms with E-state index in [-0.39, 0.29) is 52.6 Å². The molecule has 3 aromatic rings. The number of carbonyl (C=O) groups is 1. The molecule has 1 saturated heterocycles. The van der Waals surface area contributed by atoms with Gasteiger partial charge in [0.1, 0.15) is 29.2 Å². The minimum Gasteiger partial charge on any atom is -0.363 e. The highest BCUT2D eigenvalue weighted by atomic mass is 32.2. The normalized spacial score (nSPS) is 16.5. The van der Waals surface area contributed by atoms with E-state index in [9.17, 15) is 31.2 Å². The van der Waals surface area contributed by atoms with E-state index in [4.69, 9.17) is 0 Å². The maximum absolute atomic E-state index is 14.6. The molecule has 1 fully saturated rings. The molecule has 2 aromatic heterocycles. The van der Waals surface area contributed by atoms with Crippen LogP contribution >= 0.6 is 0 Å². The summed E-state index contributed by atoms with van der Waals surface area (Å²) in [6.07, 6.45) is -1.80. The lowest BCUT2D eigenvalue weighted by Crippen LogP contribution is -2.45. The number of aromatic nitrogens is 3. The minimum atomic E-state index is -3.23. The maximum Gasteiger partial charge on any atom is 0.266 e. The first-order valence-corrected chi connectivity index (χ1v) is 12.5. The number of carbonyl (C=O) groups excluding carboxylic acids is 1. The Morgan fingerprint density at radius 2 is 1.80 bits per heavy atom. The lowest BCUT2D eigenvalue weighted by Gasteiger charge is -2.26. The van der Waals surface area contributed by atoms with Crippen molar-refractivity contribution in [2.75, 3.05) is 29.9 Å². The fraction of sp³-hybridized carbons (Fsp3) is 0.364. The van der Waals surface area contributed by atoms with Gasteiger partial charge in [-0.25, -0.2) is 31.6 Å². The number of fused-ring (bicyclic) bond motifs is 1. The molecular formula is C22H22F3N5O4S. The van der Waals surface area contributed by atoms with Crippen molar-refractivity contribution in [1.82, 2.24) is 19.4 Å². The van der Waals surface area contributed by atoms with E-state index in [1.165, 1.54) is 41.0 Å². The highest BCUT2D eigenvalue weighted by molar-refractivity contribution is 7.91. The third-order valence-electron chi connectivity index (χ3n) is 5.98. The molecule has 35 heavy (non-hydrogen) atoms. The number of rotatable bonds is 5. The quantitative estimate of drug-likeness (QED) is 0.562. The average molecular weight is 510 g/mol. The van der Waals surface area contributed by atoms with E-state index in [0.29, 0.717) is 0 Å². The molecule has 0 saturated carbocycles. The smallest absolute Gasteiger partial charge is 0.266 e. The second-order valence-electron chi connectivity index (χ2n) is 8.24. The summed E-state index contributed by atoms with van der Waals surface area (Å²) in [5.74, 6) is -1.88. The number of aryl methyl sites for hydroxylation is 1. The van der Waals surface area contributed by atoms with Crippen LogP contribution in [0.1, 0.15) is 40.9 Å². The molecule has 1 aromatic carbocycles. The van der Waals surface area contributed by atoms with Gasteiger partial charge in [-0.3, -0.25) is 14.2 Å². The van der Waals surface area contributed by atoms with Crippen molar-refractivity contribution in [1.29, 1.82) is 0 Å². The Balaban J connectivity index is 1.73. The van der Waals surface area contributed by atoms with Crippen LogP contribution in [-0.4, -0.2) is 58.4 Å². The Bertz CT molecular complexity index is 1460. The van der Waals surface area contributed by atoms with Crippen molar-refractivity contribution < 1.29 is 26.4 Å². The molecular weight excluding hydrogens is 487 g/mol. The monoisotopic (exact) mass is 509 g/mol. The predicted octanol–water partition coefficient (Wildman–Crippen LogP) is 2.45. The van der Waals surface area contributed by atoms with Gasteiger partial charge in [0.2, 0.25) is 0 Å². The van der Waals surface area contributed by atoms with E-state index < -0.39 is 45.2 Å². The molecule has 13 heteroatoms. The van der Waals surface area contributed by atoms with Gasteiger partial charge in [0.15, 0.2) is 9.84 Å². The summed E-state index contributed by atoms with van der Waals surface area (Å²) < 4.78 is 65.5. The highest BCUT2D eigenvalue weighted by Gasteiger charge is 2.28. The standard InChI is InChI=1S/C22H22F3N5O4S/c1-12(13-4-3-5-14(17(13)23)18(24)25)28-19-15-10-16(21(31)29(2)20(15)27-11-26-19)22(32)30-6-8-35(33,34)9-7-30/h3-5,10-12,18H,6-9H2,1-2H3,(H,26,27,28)/t12-/m1/s1. The number of amides is 1. The third-order valence-corrected chi connectivity index (χ3v) is 7.59. The van der Waals surface area contributed by atoms with Crippen molar-refractivity contribution in [2.45, 2.75) is 19.4 Å². The molecule has 1 atom stereocenters. The van der Waals surface area contributed by atoms with Crippen molar-refractivity contribution in [2.24, 2.45) is 7.05 Å². The molecule has 0 bridgehead atoms. The van der Waals surface area contributed by atoms with E-state index in [2.05, 4.69) is 15.3 Å². The Kier molecular flexibility index (Phi) is 6.54. The zero-order valence-corrected chi connectivity index (χ0v) is 19.7. The number of benzene rings is 1. The summed E-state index contributed by atoms with van der Waals surface area (Å²) in [6.45, 7) is 1.49. The lowest BCUT2D eigenvalue weighted by atomic mass is 10.0. The van der Waals surface area contributed by atoms with Gasteiger partial charge in [-0.15, -0.1) is 0 Å². The molecule has 3 heterocycles. The van der Waals surface area contributed by atoms with Crippen LogP contribution in [0.3, 0.4) is 0 Å². The second-order valence-corrected chi connectivity index (χ2v) is 10.5. The Labute approximate surface area is 198 Å². The van der Waals surface area contributed by atoms with Gasteiger partial charge in [-0.1, -0.05) is 18.2 Å². The first-order chi connectivity index (χ1) is 16.5. The number of nitrogens with zero attached hydrogens (tertiary/aromatic N) is 4. The van der Waals surface area contributed by atoms with Gasteiger partial charge >= 0.3 is 0 Å². The van der Waals surface area contributed by atoms with Crippen LogP contribution in [0, 0.1) is 5.82 Å². The summed E-state index contributed by atoms with van der Waals surface area (Å²) >= 11 is 0. The van der Waals surface area contributed by atoms with Gasteiger partial charge < -0.3 is 10.2 Å². The van der Waals surface area contributed by atoms with Crippen LogP contribution in [0.25, 0.3) is 11.0 Å². The summed E-state index contributed by atoms with van der Waals surface area (Å²) in [5, 5.41) is 3.23. The summed E-state index contributed by atoms with van der Waals surface area (Å²) in [5.41, 5.74) is -1.35. The predicted molar refractivity (Wildman–Crippen MR) is 123 cm³/mol. The molecule has 1 aliphatic rings. The Hall–Kier alpha value is -3.48. The van der Waals surface area contributed by atoms with E-state index in [1.54, 1.807) is 6.92 Å². The van der Waals surface area contributed by atoms with Crippen LogP contribution in [0.4, 0.5) is 19.0 Å². The van der Waals surface area contributed by atoms with Gasteiger partial charge in [0, 0.05) is 25.7 Å². The summed E-state index contributed by atoms with van der Waals surface area (Å²) in [6, 6.07) is 4.22. The van der Waals surface area contributed by atoms with Gasteiger partial charge in [0.05, 0.1) is 28.5 Å². The van der Waals surface area contributed by atoms with Crippen LogP contribution in [0.5, 0.6) is 0 Å². The molecule has 0 radical (unpaired) electrons. The van der Waals surface area contributed by atoms with Crippen LogP contribution in [0.2, 0.25) is 0 Å². The number of pyridine rings is 1. The fourth-order valence-electron chi connectivity index (χ4n) is 3.98. The van der Waals surface area contributed by atoms with Crippen molar-refractivity contribution in [3.05, 3.63) is 63.5 Å². The summed E-state index contributed by atoms with van der Waals surface area (Å²) in [7, 11) is -1.80. The van der Waals surface area contributed by atoms with E-state index >= 15 is 0 Å². The molecule has 0 spiro atoms. The number of sulfone groups is 1. The molecule has 9 nitrogen and oxygen atoms in total. The fourth-order valence-corrected chi connectivity index (χ4v) is 5.18. The molecule has 1 amide bonds. The Morgan fingerprint density at radius 1 is 1.14 bits per heavy atom. The highest BCUT2D eigenvalue weighted by Crippen LogP contribution is 2.30. The molecule has 1 N–H and O–H groups in total. The first-order valence-electron chi connectivity index (χ1n) is 10.7. The summed E-state index contributed by atoms with van der Waals surface area (Å²) in [4.78, 5) is 35.5. The second kappa shape index (κ2) is 9.29.